The van der Waals surface area contributed by atoms with Gasteiger partial charge < -0.3 is 5.32 Å². The summed E-state index contributed by atoms with van der Waals surface area (Å²) in [5.41, 5.74) is 1.19. The Morgan fingerprint density at radius 1 is 1.11 bits per heavy atom. The van der Waals surface area contributed by atoms with E-state index in [1.165, 1.54) is 17.7 Å². The number of carbonyl (C=O) groups is 1. The highest BCUT2D eigenvalue weighted by atomic mass is 32.2. The van der Waals surface area contributed by atoms with Crippen LogP contribution in [-0.2, 0) is 21.2 Å². The normalized spacial score (nSPS) is 12.7. The fourth-order valence-corrected chi connectivity index (χ4v) is 4.11. The zero-order valence-electron chi connectivity index (χ0n) is 15.6. The molecule has 0 aliphatic rings. The highest BCUT2D eigenvalue weighted by Gasteiger charge is 2.25. The van der Waals surface area contributed by atoms with Gasteiger partial charge in [0.15, 0.2) is 0 Å². The molecule has 7 heteroatoms. The van der Waals surface area contributed by atoms with Gasteiger partial charge >= 0.3 is 0 Å². The summed E-state index contributed by atoms with van der Waals surface area (Å²) in [6.07, 6.45) is 1.58. The number of hydrogen-bond donors (Lipinski definition) is 1. The summed E-state index contributed by atoms with van der Waals surface area (Å²) < 4.78 is 39.4. The fraction of sp³-hybridized carbons (Fsp3) is 0.350. The maximum absolute atomic E-state index is 13.0. The minimum absolute atomic E-state index is 0.0318. The summed E-state index contributed by atoms with van der Waals surface area (Å²) in [5, 5.41) is 2.84. The number of amides is 1. The van der Waals surface area contributed by atoms with E-state index in [0.29, 0.717) is 0 Å². The van der Waals surface area contributed by atoms with E-state index >= 15 is 0 Å². The van der Waals surface area contributed by atoms with Crippen molar-refractivity contribution in [3.8, 4) is 0 Å². The average molecular weight is 392 g/mol. The topological polar surface area (TPSA) is 66.5 Å². The van der Waals surface area contributed by atoms with Crippen LogP contribution in [0.1, 0.15) is 25.8 Å². The molecule has 1 N–H and O–H groups in total. The molecule has 0 bridgehead atoms. The van der Waals surface area contributed by atoms with Crippen molar-refractivity contribution in [1.29, 1.82) is 0 Å². The van der Waals surface area contributed by atoms with E-state index in [4.69, 9.17) is 0 Å². The van der Waals surface area contributed by atoms with E-state index in [1.807, 2.05) is 37.3 Å². The maximum Gasteiger partial charge on any atom is 0.243 e. The van der Waals surface area contributed by atoms with E-state index in [1.54, 1.807) is 6.92 Å². The molecule has 5 nitrogen and oxygen atoms in total. The molecule has 0 radical (unpaired) electrons. The van der Waals surface area contributed by atoms with Gasteiger partial charge in [-0.3, -0.25) is 4.79 Å². The van der Waals surface area contributed by atoms with E-state index in [2.05, 4.69) is 5.32 Å². The van der Waals surface area contributed by atoms with Crippen LogP contribution in [0, 0.1) is 5.82 Å². The van der Waals surface area contributed by atoms with Crippen molar-refractivity contribution in [3.05, 3.63) is 66.0 Å². The zero-order chi connectivity index (χ0) is 19.9. The lowest BCUT2D eigenvalue weighted by Crippen LogP contribution is -2.43. The van der Waals surface area contributed by atoms with Gasteiger partial charge in [-0.1, -0.05) is 37.3 Å². The minimum atomic E-state index is -3.85. The smallest absolute Gasteiger partial charge is 0.243 e. The summed E-state index contributed by atoms with van der Waals surface area (Å²) in [5.74, 6) is -0.870. The molecule has 2 aromatic carbocycles. The van der Waals surface area contributed by atoms with Gasteiger partial charge in [-0.25, -0.2) is 12.8 Å². The number of nitrogens with zero attached hydrogens (tertiary/aromatic N) is 1. The van der Waals surface area contributed by atoms with Gasteiger partial charge in [-0.15, -0.1) is 0 Å². The van der Waals surface area contributed by atoms with Crippen molar-refractivity contribution < 1.29 is 17.6 Å². The van der Waals surface area contributed by atoms with Gasteiger partial charge in [0.1, 0.15) is 5.82 Å². The number of sulfonamides is 1. The molecule has 0 fully saturated rings. The summed E-state index contributed by atoms with van der Waals surface area (Å²) in [6, 6.07) is 14.5. The van der Waals surface area contributed by atoms with Crippen molar-refractivity contribution in [1.82, 2.24) is 9.62 Å². The molecule has 27 heavy (non-hydrogen) atoms. The van der Waals surface area contributed by atoms with Gasteiger partial charge in [-0.2, -0.15) is 4.31 Å². The first kappa shape index (κ1) is 21.1. The number of benzene rings is 2. The van der Waals surface area contributed by atoms with E-state index in [0.717, 1.165) is 29.3 Å². The molecule has 2 rings (SSSR count). The van der Waals surface area contributed by atoms with Crippen LogP contribution in [0.15, 0.2) is 59.5 Å². The minimum Gasteiger partial charge on any atom is -0.352 e. The highest BCUT2D eigenvalue weighted by molar-refractivity contribution is 7.89. The van der Waals surface area contributed by atoms with Crippen LogP contribution in [-0.4, -0.2) is 37.8 Å². The standard InChI is InChI=1S/C20H25FN2O3S/c1-3-23(27(25,26)19-13-11-18(21)12-14-19)15-20(24)22-16(2)9-10-17-7-5-4-6-8-17/h4-8,11-14,16H,3,9-10,15H2,1-2H3,(H,22,24)/t16-/m0/s1. The van der Waals surface area contributed by atoms with Crippen LogP contribution in [0.5, 0.6) is 0 Å². The number of nitrogens with one attached hydrogen (secondary N) is 1. The summed E-state index contributed by atoms with van der Waals surface area (Å²) >= 11 is 0. The predicted molar refractivity (Wildman–Crippen MR) is 103 cm³/mol. The predicted octanol–water partition coefficient (Wildman–Crippen LogP) is 2.97. The summed E-state index contributed by atoms with van der Waals surface area (Å²) in [4.78, 5) is 12.3. The Morgan fingerprint density at radius 2 is 1.74 bits per heavy atom. The molecular formula is C20H25FN2O3S. The molecule has 0 aliphatic carbocycles. The van der Waals surface area contributed by atoms with Crippen LogP contribution in [0.2, 0.25) is 0 Å². The third kappa shape index (κ3) is 6.15. The van der Waals surface area contributed by atoms with Crippen LogP contribution < -0.4 is 5.32 Å². The molecule has 1 atom stereocenters. The van der Waals surface area contributed by atoms with Crippen molar-refractivity contribution in [3.63, 3.8) is 0 Å². The first-order valence-corrected chi connectivity index (χ1v) is 10.4. The molecule has 0 saturated heterocycles. The Hall–Kier alpha value is -2.25. The number of carbonyl (C=O) groups excluding carboxylic acids is 1. The molecule has 1 amide bonds. The van der Waals surface area contributed by atoms with Crippen molar-refractivity contribution in [2.75, 3.05) is 13.1 Å². The van der Waals surface area contributed by atoms with Crippen LogP contribution in [0.3, 0.4) is 0 Å². The maximum atomic E-state index is 13.0. The number of likely N-dealkylation sites (N-methyl/N-ethyl adjacent to an activating group) is 1. The third-order valence-electron chi connectivity index (χ3n) is 4.24. The SMILES string of the molecule is CCN(CC(=O)N[C@@H](C)CCc1ccccc1)S(=O)(=O)c1ccc(F)cc1. The molecule has 0 unspecified atom stereocenters. The van der Waals surface area contributed by atoms with Crippen LogP contribution in [0.25, 0.3) is 0 Å². The van der Waals surface area contributed by atoms with Gasteiger partial charge in [0.05, 0.1) is 11.4 Å². The van der Waals surface area contributed by atoms with E-state index in [-0.39, 0.29) is 29.9 Å². The number of hydrogen-bond acceptors (Lipinski definition) is 3. The van der Waals surface area contributed by atoms with E-state index in [9.17, 15) is 17.6 Å². The molecular weight excluding hydrogens is 367 g/mol. The lowest BCUT2D eigenvalue weighted by Gasteiger charge is -2.21. The highest BCUT2D eigenvalue weighted by Crippen LogP contribution is 2.16. The van der Waals surface area contributed by atoms with Gasteiger partial charge in [0.2, 0.25) is 15.9 Å². The Morgan fingerprint density at radius 3 is 2.33 bits per heavy atom. The van der Waals surface area contributed by atoms with Crippen molar-refractivity contribution >= 4 is 15.9 Å². The lowest BCUT2D eigenvalue weighted by molar-refractivity contribution is -0.121. The van der Waals surface area contributed by atoms with Gasteiger partial charge in [-0.05, 0) is 49.6 Å². The summed E-state index contributed by atoms with van der Waals surface area (Å²) in [6.45, 7) is 3.43. The molecule has 0 spiro atoms. The van der Waals surface area contributed by atoms with Crippen molar-refractivity contribution in [2.24, 2.45) is 0 Å². The number of aryl methyl sites for hydroxylation is 1. The van der Waals surface area contributed by atoms with Gasteiger partial charge in [0.25, 0.3) is 0 Å². The quantitative estimate of drug-likeness (QED) is 0.713. The fourth-order valence-electron chi connectivity index (χ4n) is 2.70. The van der Waals surface area contributed by atoms with Crippen LogP contribution in [0.4, 0.5) is 4.39 Å². The van der Waals surface area contributed by atoms with Crippen molar-refractivity contribution in [2.45, 2.75) is 37.6 Å². The summed E-state index contributed by atoms with van der Waals surface area (Å²) in [7, 11) is -3.85. The largest absolute Gasteiger partial charge is 0.352 e. The Labute approximate surface area is 160 Å². The average Bonchev–Trinajstić information content (AvgIpc) is 2.65. The number of halogens is 1. The number of rotatable bonds is 9. The van der Waals surface area contributed by atoms with Crippen LogP contribution >= 0.6 is 0 Å². The van der Waals surface area contributed by atoms with E-state index < -0.39 is 15.8 Å². The second-order valence-electron chi connectivity index (χ2n) is 6.38. The Balaban J connectivity index is 1.92. The molecule has 0 heterocycles. The lowest BCUT2D eigenvalue weighted by atomic mass is 10.1. The second-order valence-corrected chi connectivity index (χ2v) is 8.32. The molecule has 0 aliphatic heterocycles. The molecule has 2 aromatic rings. The second kappa shape index (κ2) is 9.62. The third-order valence-corrected chi connectivity index (χ3v) is 6.18. The molecule has 0 saturated carbocycles. The zero-order valence-corrected chi connectivity index (χ0v) is 16.4. The first-order chi connectivity index (χ1) is 12.8. The Bertz CT molecular complexity index is 839. The molecule has 146 valence electrons. The van der Waals surface area contributed by atoms with Gasteiger partial charge in [0, 0.05) is 12.6 Å². The Kier molecular flexibility index (Phi) is 7.50. The first-order valence-electron chi connectivity index (χ1n) is 8.92. The monoisotopic (exact) mass is 392 g/mol. The molecule has 0 aromatic heterocycles.